The van der Waals surface area contributed by atoms with Gasteiger partial charge in [0.25, 0.3) is 0 Å². The molecule has 1 saturated carbocycles. The Kier molecular flexibility index (Phi) is 5.11. The second kappa shape index (κ2) is 6.43. The van der Waals surface area contributed by atoms with Crippen LogP contribution in [0.1, 0.15) is 44.7 Å². The van der Waals surface area contributed by atoms with Gasteiger partial charge in [-0.25, -0.2) is 8.42 Å². The molecule has 3 nitrogen and oxygen atoms in total. The van der Waals surface area contributed by atoms with Crippen LogP contribution in [0.5, 0.6) is 0 Å². The van der Waals surface area contributed by atoms with Crippen molar-refractivity contribution in [2.45, 2.75) is 57.6 Å². The first-order chi connectivity index (χ1) is 10.5. The molecule has 23 heavy (non-hydrogen) atoms. The first kappa shape index (κ1) is 18.3. The topological polar surface area (TPSA) is 37.4 Å². The maximum absolute atomic E-state index is 12.8. The quantitative estimate of drug-likeness (QED) is 0.777. The smallest absolute Gasteiger partial charge is 0.212 e. The molecule has 0 aromatic heterocycles. The van der Waals surface area contributed by atoms with Crippen LogP contribution in [0.25, 0.3) is 0 Å². The van der Waals surface area contributed by atoms with Crippen molar-refractivity contribution in [1.29, 1.82) is 0 Å². The number of hydrogen-bond acceptors (Lipinski definition) is 2. The Labute approximate surface area is 135 Å². The van der Waals surface area contributed by atoms with E-state index in [9.17, 15) is 21.6 Å². The summed E-state index contributed by atoms with van der Waals surface area (Å²) in [6.07, 6.45) is -2.83. The molecular weight excluding hydrogens is 327 g/mol. The highest BCUT2D eigenvalue weighted by atomic mass is 32.2. The SMILES string of the molecule is CC(C)C(C)N(C1CC1)S(=O)(=O)Cc1cccc(C(F)(F)F)c1. The van der Waals surface area contributed by atoms with E-state index < -0.39 is 27.5 Å². The summed E-state index contributed by atoms with van der Waals surface area (Å²) in [5.74, 6) is -0.253. The van der Waals surface area contributed by atoms with E-state index in [1.54, 1.807) is 0 Å². The zero-order chi connectivity index (χ0) is 17.4. The molecule has 7 heteroatoms. The molecule has 0 N–H and O–H groups in total. The highest BCUT2D eigenvalue weighted by Crippen LogP contribution is 2.35. The summed E-state index contributed by atoms with van der Waals surface area (Å²) in [7, 11) is -3.65. The van der Waals surface area contributed by atoms with Gasteiger partial charge in [-0.2, -0.15) is 17.5 Å². The first-order valence-corrected chi connectivity index (χ1v) is 9.30. The number of sulfonamides is 1. The highest BCUT2D eigenvalue weighted by Gasteiger charge is 2.41. The van der Waals surface area contributed by atoms with E-state index in [0.29, 0.717) is 0 Å². The van der Waals surface area contributed by atoms with Crippen LogP contribution in [0.3, 0.4) is 0 Å². The van der Waals surface area contributed by atoms with Crippen LogP contribution in [-0.4, -0.2) is 24.8 Å². The Hall–Kier alpha value is -1.08. The Bertz CT molecular complexity index is 652. The van der Waals surface area contributed by atoms with Crippen molar-refractivity contribution in [1.82, 2.24) is 4.31 Å². The second-order valence-corrected chi connectivity index (χ2v) is 8.37. The Balaban J connectivity index is 2.26. The first-order valence-electron chi connectivity index (χ1n) is 7.69. The molecule has 0 radical (unpaired) electrons. The van der Waals surface area contributed by atoms with Gasteiger partial charge in [-0.05, 0) is 37.3 Å². The number of alkyl halides is 3. The molecule has 0 amide bonds. The van der Waals surface area contributed by atoms with Crippen molar-refractivity contribution >= 4 is 10.0 Å². The molecular formula is C16H22F3NO2S. The van der Waals surface area contributed by atoms with Gasteiger partial charge < -0.3 is 0 Å². The molecule has 0 aliphatic heterocycles. The zero-order valence-corrected chi connectivity index (χ0v) is 14.3. The minimum Gasteiger partial charge on any atom is -0.212 e. The summed E-state index contributed by atoms with van der Waals surface area (Å²) in [6, 6.07) is 4.37. The Morgan fingerprint density at radius 3 is 2.30 bits per heavy atom. The standard InChI is InChI=1S/C16H22F3NO2S/c1-11(2)12(3)20(15-7-8-15)23(21,22)10-13-5-4-6-14(9-13)16(17,18)19/h4-6,9,11-12,15H,7-8,10H2,1-3H3. The van der Waals surface area contributed by atoms with Gasteiger partial charge in [-0.3, -0.25) is 0 Å². The lowest BCUT2D eigenvalue weighted by molar-refractivity contribution is -0.137. The summed E-state index contributed by atoms with van der Waals surface area (Å²) >= 11 is 0. The summed E-state index contributed by atoms with van der Waals surface area (Å²) in [5.41, 5.74) is -0.651. The third kappa shape index (κ3) is 4.47. The second-order valence-electron chi connectivity index (χ2n) is 6.50. The molecule has 0 heterocycles. The molecule has 1 fully saturated rings. The van der Waals surface area contributed by atoms with E-state index in [0.717, 1.165) is 25.0 Å². The fraction of sp³-hybridized carbons (Fsp3) is 0.625. The van der Waals surface area contributed by atoms with Crippen molar-refractivity contribution in [2.75, 3.05) is 0 Å². The van der Waals surface area contributed by atoms with E-state index in [1.165, 1.54) is 16.4 Å². The average Bonchev–Trinajstić information content (AvgIpc) is 3.21. The summed E-state index contributed by atoms with van der Waals surface area (Å²) in [5, 5.41) is 0. The number of benzene rings is 1. The predicted octanol–water partition coefficient (Wildman–Crippen LogP) is 4.04. The fourth-order valence-corrected chi connectivity index (χ4v) is 4.72. The van der Waals surface area contributed by atoms with Crippen LogP contribution in [0, 0.1) is 5.92 Å². The Morgan fingerprint density at radius 2 is 1.83 bits per heavy atom. The van der Waals surface area contributed by atoms with Gasteiger partial charge in [0.1, 0.15) is 0 Å². The van der Waals surface area contributed by atoms with Gasteiger partial charge in [0.05, 0.1) is 11.3 Å². The van der Waals surface area contributed by atoms with Crippen LogP contribution in [0.2, 0.25) is 0 Å². The molecule has 0 bridgehead atoms. The van der Waals surface area contributed by atoms with Crippen molar-refractivity contribution in [2.24, 2.45) is 5.92 Å². The van der Waals surface area contributed by atoms with Crippen LogP contribution in [-0.2, 0) is 22.0 Å². The molecule has 1 aliphatic carbocycles. The molecule has 1 aromatic rings. The fourth-order valence-electron chi connectivity index (χ4n) is 2.56. The van der Waals surface area contributed by atoms with Gasteiger partial charge >= 0.3 is 6.18 Å². The molecule has 130 valence electrons. The van der Waals surface area contributed by atoms with Gasteiger partial charge in [0.15, 0.2) is 0 Å². The number of hydrogen-bond donors (Lipinski definition) is 0. The van der Waals surface area contributed by atoms with Crippen LogP contribution in [0.4, 0.5) is 13.2 Å². The third-order valence-electron chi connectivity index (χ3n) is 4.20. The molecule has 1 unspecified atom stereocenters. The third-order valence-corrected chi connectivity index (χ3v) is 6.17. The lowest BCUT2D eigenvalue weighted by atomic mass is 10.1. The lowest BCUT2D eigenvalue weighted by Gasteiger charge is -2.31. The maximum Gasteiger partial charge on any atom is 0.416 e. The average molecular weight is 349 g/mol. The van der Waals surface area contributed by atoms with Crippen LogP contribution >= 0.6 is 0 Å². The van der Waals surface area contributed by atoms with E-state index >= 15 is 0 Å². The lowest BCUT2D eigenvalue weighted by Crippen LogP contribution is -2.43. The van der Waals surface area contributed by atoms with Gasteiger partial charge in [-0.1, -0.05) is 32.0 Å². The number of rotatable bonds is 6. The van der Waals surface area contributed by atoms with E-state index in [1.807, 2.05) is 20.8 Å². The van der Waals surface area contributed by atoms with E-state index in [-0.39, 0.29) is 23.6 Å². The molecule has 2 rings (SSSR count). The van der Waals surface area contributed by atoms with Crippen LogP contribution < -0.4 is 0 Å². The minimum atomic E-state index is -4.47. The summed E-state index contributed by atoms with van der Waals surface area (Å²) in [4.78, 5) is 0. The maximum atomic E-state index is 12.8. The van der Waals surface area contributed by atoms with Crippen molar-refractivity contribution < 1.29 is 21.6 Å². The highest BCUT2D eigenvalue weighted by molar-refractivity contribution is 7.88. The van der Waals surface area contributed by atoms with Crippen molar-refractivity contribution in [3.05, 3.63) is 35.4 Å². The monoisotopic (exact) mass is 349 g/mol. The normalized spacial score (nSPS) is 17.7. The molecule has 0 spiro atoms. The predicted molar refractivity (Wildman–Crippen MR) is 83.2 cm³/mol. The molecule has 0 saturated heterocycles. The van der Waals surface area contributed by atoms with E-state index in [4.69, 9.17) is 0 Å². The largest absolute Gasteiger partial charge is 0.416 e. The van der Waals surface area contributed by atoms with E-state index in [2.05, 4.69) is 0 Å². The van der Waals surface area contributed by atoms with Crippen LogP contribution in [0.15, 0.2) is 24.3 Å². The summed E-state index contributed by atoms with van der Waals surface area (Å²) < 4.78 is 65.3. The van der Waals surface area contributed by atoms with Gasteiger partial charge in [-0.15, -0.1) is 0 Å². The number of nitrogens with zero attached hydrogens (tertiary/aromatic N) is 1. The Morgan fingerprint density at radius 1 is 1.22 bits per heavy atom. The van der Waals surface area contributed by atoms with Gasteiger partial charge in [0, 0.05) is 12.1 Å². The zero-order valence-electron chi connectivity index (χ0n) is 13.5. The van der Waals surface area contributed by atoms with Gasteiger partial charge in [0.2, 0.25) is 10.0 Å². The van der Waals surface area contributed by atoms with Crippen molar-refractivity contribution in [3.63, 3.8) is 0 Å². The summed E-state index contributed by atoms with van der Waals surface area (Å²) in [6.45, 7) is 5.74. The molecule has 1 atom stereocenters. The minimum absolute atomic E-state index is 0.0109. The molecule has 1 aliphatic rings. The van der Waals surface area contributed by atoms with Crippen molar-refractivity contribution in [3.8, 4) is 0 Å². The number of halogens is 3. The molecule has 1 aromatic carbocycles.